The van der Waals surface area contributed by atoms with Crippen LogP contribution >= 0.6 is 0 Å². The molecule has 74 valence electrons. The van der Waals surface area contributed by atoms with Crippen LogP contribution in [0.15, 0.2) is 12.4 Å². The summed E-state index contributed by atoms with van der Waals surface area (Å²) in [6.07, 6.45) is 5.45. The molecule has 3 nitrogen and oxygen atoms in total. The van der Waals surface area contributed by atoms with Crippen LogP contribution < -0.4 is 5.73 Å². The molecule has 0 aliphatic carbocycles. The second-order valence-corrected chi connectivity index (χ2v) is 4.76. The van der Waals surface area contributed by atoms with Crippen molar-refractivity contribution in [3.05, 3.63) is 18.2 Å². The molecule has 3 heteroatoms. The molecule has 1 unspecified atom stereocenters. The van der Waals surface area contributed by atoms with Gasteiger partial charge in [0.15, 0.2) is 0 Å². The van der Waals surface area contributed by atoms with Crippen molar-refractivity contribution in [3.8, 4) is 0 Å². The van der Waals surface area contributed by atoms with Crippen molar-refractivity contribution >= 4 is 0 Å². The van der Waals surface area contributed by atoms with Gasteiger partial charge >= 0.3 is 0 Å². The Kier molecular flexibility index (Phi) is 3.09. The Balaban J connectivity index is 2.38. The highest BCUT2D eigenvalue weighted by molar-refractivity contribution is 4.91. The maximum atomic E-state index is 5.99. The van der Waals surface area contributed by atoms with Crippen molar-refractivity contribution in [3.63, 3.8) is 0 Å². The number of H-pyrrole nitrogens is 1. The number of aromatic amines is 1. The minimum Gasteiger partial charge on any atom is -0.349 e. The number of hydrogen-bond donors (Lipinski definition) is 2. The molecule has 13 heavy (non-hydrogen) atoms. The zero-order valence-electron chi connectivity index (χ0n) is 8.67. The number of imidazole rings is 1. The lowest BCUT2D eigenvalue weighted by Crippen LogP contribution is -2.28. The van der Waals surface area contributed by atoms with E-state index in [1.807, 2.05) is 6.20 Å². The van der Waals surface area contributed by atoms with Crippen molar-refractivity contribution in [1.29, 1.82) is 0 Å². The van der Waals surface area contributed by atoms with Crippen LogP contribution in [0.5, 0.6) is 0 Å². The fraction of sp³-hybridized carbons (Fsp3) is 0.700. The van der Waals surface area contributed by atoms with Crippen LogP contribution in [0, 0.1) is 5.41 Å². The summed E-state index contributed by atoms with van der Waals surface area (Å²) in [5, 5.41) is 0. The van der Waals surface area contributed by atoms with Crippen molar-refractivity contribution in [2.75, 3.05) is 0 Å². The quantitative estimate of drug-likeness (QED) is 0.746. The van der Waals surface area contributed by atoms with Crippen molar-refractivity contribution < 1.29 is 0 Å². The Morgan fingerprint density at radius 2 is 2.23 bits per heavy atom. The lowest BCUT2D eigenvalue weighted by Gasteiger charge is -2.22. The van der Waals surface area contributed by atoms with Gasteiger partial charge in [0.25, 0.3) is 0 Å². The van der Waals surface area contributed by atoms with Gasteiger partial charge in [-0.05, 0) is 11.8 Å². The van der Waals surface area contributed by atoms with Crippen LogP contribution in [0.4, 0.5) is 0 Å². The molecule has 1 aromatic rings. The lowest BCUT2D eigenvalue weighted by atomic mass is 9.87. The average molecular weight is 181 g/mol. The zero-order valence-corrected chi connectivity index (χ0v) is 8.67. The summed E-state index contributed by atoms with van der Waals surface area (Å²) < 4.78 is 0. The van der Waals surface area contributed by atoms with E-state index in [9.17, 15) is 0 Å². The number of rotatable bonds is 3. The Bertz CT molecular complexity index is 233. The third-order valence-corrected chi connectivity index (χ3v) is 1.88. The fourth-order valence-corrected chi connectivity index (χ4v) is 1.52. The fourth-order valence-electron chi connectivity index (χ4n) is 1.52. The van der Waals surface area contributed by atoms with Crippen molar-refractivity contribution in [1.82, 2.24) is 9.97 Å². The topological polar surface area (TPSA) is 54.7 Å². The first-order chi connectivity index (χ1) is 5.97. The van der Waals surface area contributed by atoms with E-state index in [-0.39, 0.29) is 6.04 Å². The number of nitrogens with one attached hydrogen (secondary N) is 1. The number of hydrogen-bond acceptors (Lipinski definition) is 2. The average Bonchev–Trinajstić information content (AvgIpc) is 2.34. The molecule has 1 rings (SSSR count). The van der Waals surface area contributed by atoms with Gasteiger partial charge in [0.05, 0.1) is 0 Å². The van der Waals surface area contributed by atoms with Crippen molar-refractivity contribution in [2.24, 2.45) is 11.1 Å². The Morgan fingerprint density at radius 3 is 2.69 bits per heavy atom. The molecule has 1 heterocycles. The monoisotopic (exact) mass is 181 g/mol. The second kappa shape index (κ2) is 3.92. The minimum atomic E-state index is 0.200. The smallest absolute Gasteiger partial charge is 0.107 e. The highest BCUT2D eigenvalue weighted by Gasteiger charge is 2.16. The molecular formula is C10H19N3. The third kappa shape index (κ3) is 4.08. The first-order valence-corrected chi connectivity index (χ1v) is 4.71. The summed E-state index contributed by atoms with van der Waals surface area (Å²) in [6, 6.07) is 0.200. The number of aromatic nitrogens is 2. The summed E-state index contributed by atoms with van der Waals surface area (Å²) >= 11 is 0. The maximum Gasteiger partial charge on any atom is 0.107 e. The Morgan fingerprint density at radius 1 is 1.54 bits per heavy atom. The molecule has 0 spiro atoms. The molecule has 0 aliphatic heterocycles. The molecule has 1 atom stereocenters. The summed E-state index contributed by atoms with van der Waals surface area (Å²) in [7, 11) is 0. The van der Waals surface area contributed by atoms with Gasteiger partial charge in [0, 0.05) is 24.9 Å². The molecule has 1 aromatic heterocycles. The molecule has 0 aliphatic rings. The molecule has 0 fully saturated rings. The van der Waals surface area contributed by atoms with Crippen LogP contribution in [0.25, 0.3) is 0 Å². The van der Waals surface area contributed by atoms with Crippen molar-refractivity contribution in [2.45, 2.75) is 39.7 Å². The van der Waals surface area contributed by atoms with Gasteiger partial charge in [-0.1, -0.05) is 20.8 Å². The first-order valence-electron chi connectivity index (χ1n) is 4.71. The van der Waals surface area contributed by atoms with E-state index >= 15 is 0 Å². The van der Waals surface area contributed by atoms with E-state index in [1.165, 1.54) is 0 Å². The number of nitrogens with two attached hydrogens (primary N) is 1. The molecule has 0 amide bonds. The minimum absolute atomic E-state index is 0.200. The highest BCUT2D eigenvalue weighted by atomic mass is 14.9. The Hall–Kier alpha value is -0.830. The van der Waals surface area contributed by atoms with Crippen LogP contribution in [0.1, 0.15) is 33.0 Å². The first kappa shape index (κ1) is 10.3. The summed E-state index contributed by atoms with van der Waals surface area (Å²) in [5.74, 6) is 0.983. The summed E-state index contributed by atoms with van der Waals surface area (Å²) in [6.45, 7) is 6.61. The third-order valence-electron chi connectivity index (χ3n) is 1.88. The lowest BCUT2D eigenvalue weighted by molar-refractivity contribution is 0.336. The van der Waals surface area contributed by atoms with Crippen LogP contribution in [0.2, 0.25) is 0 Å². The van der Waals surface area contributed by atoms with E-state index in [0.717, 1.165) is 18.7 Å². The van der Waals surface area contributed by atoms with Crippen LogP contribution in [-0.4, -0.2) is 16.0 Å². The van der Waals surface area contributed by atoms with Crippen LogP contribution in [-0.2, 0) is 6.42 Å². The van der Waals surface area contributed by atoms with E-state index in [1.54, 1.807) is 6.20 Å². The van der Waals surface area contributed by atoms with Crippen LogP contribution in [0.3, 0.4) is 0 Å². The van der Waals surface area contributed by atoms with Gasteiger partial charge < -0.3 is 10.7 Å². The van der Waals surface area contributed by atoms with Gasteiger partial charge in [0.2, 0.25) is 0 Å². The molecule has 0 aromatic carbocycles. The molecule has 0 saturated carbocycles. The largest absolute Gasteiger partial charge is 0.349 e. The predicted molar refractivity (Wildman–Crippen MR) is 54.3 cm³/mol. The van der Waals surface area contributed by atoms with E-state index in [0.29, 0.717) is 5.41 Å². The van der Waals surface area contributed by atoms with Gasteiger partial charge in [-0.3, -0.25) is 0 Å². The maximum absolute atomic E-state index is 5.99. The second-order valence-electron chi connectivity index (χ2n) is 4.76. The standard InChI is InChI=1S/C10H19N3/c1-10(2,3)7-8(11)6-9-12-4-5-13-9/h4-5,8H,6-7,11H2,1-3H3,(H,12,13). The highest BCUT2D eigenvalue weighted by Crippen LogP contribution is 2.20. The molecule has 0 radical (unpaired) electrons. The Labute approximate surface area is 79.8 Å². The molecule has 0 saturated heterocycles. The molecular weight excluding hydrogens is 162 g/mol. The molecule has 0 bridgehead atoms. The van der Waals surface area contributed by atoms with Gasteiger partial charge in [-0.15, -0.1) is 0 Å². The van der Waals surface area contributed by atoms with Gasteiger partial charge in [0.1, 0.15) is 5.82 Å². The van der Waals surface area contributed by atoms with E-state index in [2.05, 4.69) is 30.7 Å². The summed E-state index contributed by atoms with van der Waals surface area (Å²) in [4.78, 5) is 7.21. The predicted octanol–water partition coefficient (Wildman–Crippen LogP) is 1.72. The van der Waals surface area contributed by atoms with E-state index in [4.69, 9.17) is 5.73 Å². The van der Waals surface area contributed by atoms with Gasteiger partial charge in [-0.25, -0.2) is 4.98 Å². The van der Waals surface area contributed by atoms with E-state index < -0.39 is 0 Å². The normalized spacial score (nSPS) is 14.5. The summed E-state index contributed by atoms with van der Waals surface area (Å²) in [5.41, 5.74) is 6.29. The SMILES string of the molecule is CC(C)(C)CC(N)Cc1ncc[nH]1. The zero-order chi connectivity index (χ0) is 9.90. The van der Waals surface area contributed by atoms with Gasteiger partial charge in [-0.2, -0.15) is 0 Å². The number of nitrogens with zero attached hydrogens (tertiary/aromatic N) is 1. The molecule has 3 N–H and O–H groups in total.